The standard InChI is InChI=1S/C16H16BrClO2/c1-20-13-6-2-11(3-7-13)4-9-16(19)14-8-5-12(17)10-15(14)18/h2-3,5-8,10,16,19H,4,9H2,1H3. The first-order valence-electron chi connectivity index (χ1n) is 6.36. The number of methoxy groups -OCH3 is 1. The van der Waals surface area contributed by atoms with Crippen LogP contribution in [0.3, 0.4) is 0 Å². The van der Waals surface area contributed by atoms with Crippen LogP contribution in [0.25, 0.3) is 0 Å². The molecule has 0 aliphatic rings. The summed E-state index contributed by atoms with van der Waals surface area (Å²) < 4.78 is 6.03. The van der Waals surface area contributed by atoms with Crippen LogP contribution in [-0.2, 0) is 6.42 Å². The number of hydrogen-bond donors (Lipinski definition) is 1. The van der Waals surface area contributed by atoms with E-state index >= 15 is 0 Å². The zero-order chi connectivity index (χ0) is 14.5. The van der Waals surface area contributed by atoms with Crippen molar-refractivity contribution < 1.29 is 9.84 Å². The molecule has 1 atom stereocenters. The van der Waals surface area contributed by atoms with Gasteiger partial charge in [0, 0.05) is 9.50 Å². The smallest absolute Gasteiger partial charge is 0.118 e. The van der Waals surface area contributed by atoms with E-state index in [1.807, 2.05) is 36.4 Å². The van der Waals surface area contributed by atoms with Gasteiger partial charge in [-0.2, -0.15) is 0 Å². The van der Waals surface area contributed by atoms with Gasteiger partial charge in [-0.1, -0.05) is 45.7 Å². The van der Waals surface area contributed by atoms with Gasteiger partial charge in [-0.05, 0) is 48.2 Å². The fourth-order valence-corrected chi connectivity index (χ4v) is 2.82. The normalized spacial score (nSPS) is 12.2. The minimum atomic E-state index is -0.558. The molecule has 0 aliphatic heterocycles. The first-order chi connectivity index (χ1) is 9.60. The first kappa shape index (κ1) is 15.4. The maximum absolute atomic E-state index is 10.2. The summed E-state index contributed by atoms with van der Waals surface area (Å²) >= 11 is 9.50. The third kappa shape index (κ3) is 3.98. The molecule has 0 saturated carbocycles. The summed E-state index contributed by atoms with van der Waals surface area (Å²) in [5, 5.41) is 10.8. The Kier molecular flexibility index (Phi) is 5.46. The van der Waals surface area contributed by atoms with Gasteiger partial charge in [-0.3, -0.25) is 0 Å². The fourth-order valence-electron chi connectivity index (χ4n) is 2.02. The summed E-state index contributed by atoms with van der Waals surface area (Å²) in [6, 6.07) is 13.4. The average molecular weight is 356 g/mol. The molecule has 0 amide bonds. The summed E-state index contributed by atoms with van der Waals surface area (Å²) in [6.07, 6.45) is 0.864. The second kappa shape index (κ2) is 7.11. The zero-order valence-corrected chi connectivity index (χ0v) is 13.5. The molecule has 106 valence electrons. The number of aliphatic hydroxyl groups excluding tert-OH is 1. The van der Waals surface area contributed by atoms with Crippen molar-refractivity contribution in [1.82, 2.24) is 0 Å². The van der Waals surface area contributed by atoms with Crippen LogP contribution < -0.4 is 4.74 Å². The molecule has 0 radical (unpaired) electrons. The third-order valence-electron chi connectivity index (χ3n) is 3.19. The third-order valence-corrected chi connectivity index (χ3v) is 4.01. The van der Waals surface area contributed by atoms with E-state index in [2.05, 4.69) is 15.9 Å². The minimum absolute atomic E-state index is 0.558. The molecule has 2 aromatic carbocycles. The summed E-state index contributed by atoms with van der Waals surface area (Å²) in [4.78, 5) is 0. The molecule has 2 rings (SSSR count). The van der Waals surface area contributed by atoms with Crippen molar-refractivity contribution in [3.8, 4) is 5.75 Å². The van der Waals surface area contributed by atoms with Crippen molar-refractivity contribution in [3.05, 3.63) is 63.1 Å². The lowest BCUT2D eigenvalue weighted by Gasteiger charge is -2.13. The molecule has 2 nitrogen and oxygen atoms in total. The van der Waals surface area contributed by atoms with Crippen molar-refractivity contribution >= 4 is 27.5 Å². The van der Waals surface area contributed by atoms with Crippen LogP contribution in [0.2, 0.25) is 5.02 Å². The number of rotatable bonds is 5. The van der Waals surface area contributed by atoms with Crippen molar-refractivity contribution in [2.75, 3.05) is 7.11 Å². The molecule has 2 aromatic rings. The largest absolute Gasteiger partial charge is 0.497 e. The number of benzene rings is 2. The van der Waals surface area contributed by atoms with Gasteiger partial charge in [0.15, 0.2) is 0 Å². The SMILES string of the molecule is COc1ccc(CCC(O)c2ccc(Br)cc2Cl)cc1. The molecule has 0 saturated heterocycles. The van der Waals surface area contributed by atoms with E-state index in [1.165, 1.54) is 0 Å². The van der Waals surface area contributed by atoms with Crippen LogP contribution in [0.4, 0.5) is 0 Å². The van der Waals surface area contributed by atoms with E-state index < -0.39 is 6.10 Å². The highest BCUT2D eigenvalue weighted by atomic mass is 79.9. The van der Waals surface area contributed by atoms with E-state index in [-0.39, 0.29) is 0 Å². The predicted molar refractivity (Wildman–Crippen MR) is 85.4 cm³/mol. The van der Waals surface area contributed by atoms with Gasteiger partial charge < -0.3 is 9.84 Å². The van der Waals surface area contributed by atoms with Crippen LogP contribution >= 0.6 is 27.5 Å². The lowest BCUT2D eigenvalue weighted by atomic mass is 10.0. The molecule has 1 N–H and O–H groups in total. The molecule has 0 spiro atoms. The average Bonchev–Trinajstić information content (AvgIpc) is 2.45. The highest BCUT2D eigenvalue weighted by Crippen LogP contribution is 2.29. The molecule has 0 heterocycles. The topological polar surface area (TPSA) is 29.5 Å². The highest BCUT2D eigenvalue weighted by molar-refractivity contribution is 9.10. The van der Waals surface area contributed by atoms with Crippen LogP contribution in [0.5, 0.6) is 5.75 Å². The quantitative estimate of drug-likeness (QED) is 0.836. The Morgan fingerprint density at radius 2 is 1.90 bits per heavy atom. The van der Waals surface area contributed by atoms with Crippen LogP contribution in [-0.4, -0.2) is 12.2 Å². The van der Waals surface area contributed by atoms with E-state index in [0.717, 1.165) is 27.8 Å². The van der Waals surface area contributed by atoms with Gasteiger partial charge in [-0.15, -0.1) is 0 Å². The number of hydrogen-bond acceptors (Lipinski definition) is 2. The molecule has 1 unspecified atom stereocenters. The van der Waals surface area contributed by atoms with Gasteiger partial charge in [0.2, 0.25) is 0 Å². The number of aliphatic hydroxyl groups is 1. The lowest BCUT2D eigenvalue weighted by Crippen LogP contribution is -2.00. The van der Waals surface area contributed by atoms with Crippen LogP contribution in [0.1, 0.15) is 23.7 Å². The van der Waals surface area contributed by atoms with Crippen molar-refractivity contribution in [2.24, 2.45) is 0 Å². The van der Waals surface area contributed by atoms with Gasteiger partial charge >= 0.3 is 0 Å². The Morgan fingerprint density at radius 3 is 2.50 bits per heavy atom. The van der Waals surface area contributed by atoms with Gasteiger partial charge in [0.25, 0.3) is 0 Å². The summed E-state index contributed by atoms with van der Waals surface area (Å²) in [7, 11) is 1.65. The number of halogens is 2. The Bertz CT molecular complexity index is 569. The number of ether oxygens (including phenoxy) is 1. The first-order valence-corrected chi connectivity index (χ1v) is 7.53. The second-order valence-corrected chi connectivity index (χ2v) is 5.89. The predicted octanol–water partition coefficient (Wildman–Crippen LogP) is 4.78. The van der Waals surface area contributed by atoms with E-state index in [9.17, 15) is 5.11 Å². The van der Waals surface area contributed by atoms with Crippen molar-refractivity contribution in [3.63, 3.8) is 0 Å². The van der Waals surface area contributed by atoms with Crippen molar-refractivity contribution in [1.29, 1.82) is 0 Å². The summed E-state index contributed by atoms with van der Waals surface area (Å²) in [5.41, 5.74) is 1.93. The molecule has 4 heteroatoms. The molecule has 0 aromatic heterocycles. The maximum atomic E-state index is 10.2. The monoisotopic (exact) mass is 354 g/mol. The molecular weight excluding hydrogens is 340 g/mol. The van der Waals surface area contributed by atoms with E-state index in [4.69, 9.17) is 16.3 Å². The summed E-state index contributed by atoms with van der Waals surface area (Å²) in [6.45, 7) is 0. The van der Waals surface area contributed by atoms with E-state index in [0.29, 0.717) is 11.4 Å². The Labute approximate surface area is 132 Å². The van der Waals surface area contributed by atoms with Crippen LogP contribution in [0.15, 0.2) is 46.9 Å². The minimum Gasteiger partial charge on any atom is -0.497 e. The van der Waals surface area contributed by atoms with Gasteiger partial charge in [0.05, 0.1) is 13.2 Å². The summed E-state index contributed by atoms with van der Waals surface area (Å²) in [5.74, 6) is 0.838. The number of aryl methyl sites for hydroxylation is 1. The molecule has 0 bridgehead atoms. The Hall–Kier alpha value is -1.03. The zero-order valence-electron chi connectivity index (χ0n) is 11.1. The Morgan fingerprint density at radius 1 is 1.20 bits per heavy atom. The van der Waals surface area contributed by atoms with E-state index in [1.54, 1.807) is 13.2 Å². The lowest BCUT2D eigenvalue weighted by molar-refractivity contribution is 0.168. The van der Waals surface area contributed by atoms with Gasteiger partial charge in [-0.25, -0.2) is 0 Å². The van der Waals surface area contributed by atoms with Gasteiger partial charge in [0.1, 0.15) is 5.75 Å². The molecule has 0 fully saturated rings. The highest BCUT2D eigenvalue weighted by Gasteiger charge is 2.12. The Balaban J connectivity index is 1.98. The van der Waals surface area contributed by atoms with Crippen LogP contribution in [0, 0.1) is 0 Å². The fraction of sp³-hybridized carbons (Fsp3) is 0.250. The molecular formula is C16H16BrClO2. The molecule has 0 aliphatic carbocycles. The van der Waals surface area contributed by atoms with Crippen molar-refractivity contribution in [2.45, 2.75) is 18.9 Å². The second-order valence-electron chi connectivity index (χ2n) is 4.57. The molecule has 20 heavy (non-hydrogen) atoms. The maximum Gasteiger partial charge on any atom is 0.118 e.